The highest BCUT2D eigenvalue weighted by Crippen LogP contribution is 2.34. The van der Waals surface area contributed by atoms with E-state index in [0.29, 0.717) is 30.3 Å². The molecule has 0 radical (unpaired) electrons. The van der Waals surface area contributed by atoms with E-state index < -0.39 is 15.9 Å². The van der Waals surface area contributed by atoms with Crippen LogP contribution in [0.15, 0.2) is 82.1 Å². The van der Waals surface area contributed by atoms with Crippen molar-refractivity contribution >= 4 is 21.9 Å². The fourth-order valence-electron chi connectivity index (χ4n) is 3.62. The van der Waals surface area contributed by atoms with Gasteiger partial charge in [0.15, 0.2) is 11.5 Å². The summed E-state index contributed by atoms with van der Waals surface area (Å²) in [6.07, 6.45) is 0. The van der Waals surface area contributed by atoms with E-state index in [1.807, 2.05) is 30.3 Å². The number of sulfonamides is 1. The molecule has 3 aromatic carbocycles. The minimum absolute atomic E-state index is 0.0798. The molecule has 10 nitrogen and oxygen atoms in total. The SMILES string of the molecule is CN(Cc1ccccc1)S(=O)(=O)c1ccc(C(=O)Nc2nnc(-c3ccc4c(c3)OCCO4)o2)cc1. The van der Waals surface area contributed by atoms with E-state index in [4.69, 9.17) is 13.9 Å². The first-order valence-corrected chi connectivity index (χ1v) is 12.5. The van der Waals surface area contributed by atoms with Crippen molar-refractivity contribution in [3.8, 4) is 23.0 Å². The minimum atomic E-state index is -3.73. The van der Waals surface area contributed by atoms with Crippen molar-refractivity contribution in [1.82, 2.24) is 14.5 Å². The lowest BCUT2D eigenvalue weighted by Crippen LogP contribution is -2.26. The predicted molar refractivity (Wildman–Crippen MR) is 130 cm³/mol. The molecule has 0 spiro atoms. The Hall–Kier alpha value is -4.22. The summed E-state index contributed by atoms with van der Waals surface area (Å²) in [5.74, 6) is 0.890. The lowest BCUT2D eigenvalue weighted by molar-refractivity contribution is 0.102. The van der Waals surface area contributed by atoms with Gasteiger partial charge in [-0.25, -0.2) is 8.42 Å². The summed E-state index contributed by atoms with van der Waals surface area (Å²) in [5.41, 5.74) is 1.72. The first kappa shape index (κ1) is 23.5. The zero-order valence-electron chi connectivity index (χ0n) is 19.2. The number of amides is 1. The zero-order chi connectivity index (χ0) is 25.1. The van der Waals surface area contributed by atoms with Gasteiger partial charge in [0.25, 0.3) is 5.91 Å². The number of nitrogens with one attached hydrogen (secondary N) is 1. The number of carbonyl (C=O) groups excluding carboxylic acids is 1. The van der Waals surface area contributed by atoms with E-state index in [9.17, 15) is 13.2 Å². The number of carbonyl (C=O) groups is 1. The summed E-state index contributed by atoms with van der Waals surface area (Å²) in [6, 6.07) is 20.1. The monoisotopic (exact) mass is 506 g/mol. The molecule has 184 valence electrons. The summed E-state index contributed by atoms with van der Waals surface area (Å²) < 4.78 is 43.7. The molecule has 1 amide bonds. The largest absolute Gasteiger partial charge is 0.486 e. The molecule has 5 rings (SSSR count). The summed E-state index contributed by atoms with van der Waals surface area (Å²) in [4.78, 5) is 12.7. The van der Waals surface area contributed by atoms with E-state index in [0.717, 1.165) is 5.56 Å². The van der Waals surface area contributed by atoms with Crippen LogP contribution in [0.1, 0.15) is 15.9 Å². The lowest BCUT2D eigenvalue weighted by Gasteiger charge is -2.18. The molecule has 11 heteroatoms. The average molecular weight is 507 g/mol. The minimum Gasteiger partial charge on any atom is -0.486 e. The highest BCUT2D eigenvalue weighted by atomic mass is 32.2. The van der Waals surface area contributed by atoms with Crippen LogP contribution >= 0.6 is 0 Å². The van der Waals surface area contributed by atoms with Gasteiger partial charge in [-0.05, 0) is 48.0 Å². The van der Waals surface area contributed by atoms with E-state index in [1.54, 1.807) is 18.2 Å². The normalized spacial score (nSPS) is 12.9. The molecule has 1 aliphatic heterocycles. The van der Waals surface area contributed by atoms with Crippen LogP contribution < -0.4 is 14.8 Å². The quantitative estimate of drug-likeness (QED) is 0.403. The van der Waals surface area contributed by atoms with E-state index in [-0.39, 0.29) is 28.9 Å². The highest BCUT2D eigenvalue weighted by molar-refractivity contribution is 7.89. The maximum Gasteiger partial charge on any atom is 0.322 e. The molecule has 2 heterocycles. The molecule has 36 heavy (non-hydrogen) atoms. The van der Waals surface area contributed by atoms with Crippen LogP contribution in [0.4, 0.5) is 6.01 Å². The standard InChI is InChI=1S/C25H22N4O6S/c1-29(16-17-5-3-2-4-6-17)36(31,32)20-10-7-18(8-11-20)23(30)26-25-28-27-24(35-25)19-9-12-21-22(15-19)34-14-13-33-21/h2-12,15H,13-14,16H2,1H3,(H,26,28,30). The van der Waals surface area contributed by atoms with Gasteiger partial charge in [0.1, 0.15) is 13.2 Å². The third kappa shape index (κ3) is 4.92. The smallest absolute Gasteiger partial charge is 0.322 e. The fourth-order valence-corrected chi connectivity index (χ4v) is 4.78. The summed E-state index contributed by atoms with van der Waals surface area (Å²) in [7, 11) is -2.22. The molecule has 4 aromatic rings. The number of benzene rings is 3. The molecule has 0 aliphatic carbocycles. The third-order valence-corrected chi connectivity index (χ3v) is 7.32. The number of hydrogen-bond donors (Lipinski definition) is 1. The van der Waals surface area contributed by atoms with Gasteiger partial charge in [-0.3, -0.25) is 10.1 Å². The van der Waals surface area contributed by atoms with Crippen molar-refractivity contribution in [2.75, 3.05) is 25.6 Å². The second-order valence-electron chi connectivity index (χ2n) is 8.00. The molecule has 0 bridgehead atoms. The van der Waals surface area contributed by atoms with E-state index in [1.165, 1.54) is 35.6 Å². The Labute approximate surface area is 207 Å². The van der Waals surface area contributed by atoms with Crippen molar-refractivity contribution in [2.24, 2.45) is 0 Å². The number of ether oxygens (including phenoxy) is 2. The lowest BCUT2D eigenvalue weighted by atomic mass is 10.2. The van der Waals surface area contributed by atoms with Gasteiger partial charge in [-0.15, -0.1) is 5.10 Å². The Morgan fingerprint density at radius 1 is 0.944 bits per heavy atom. The van der Waals surface area contributed by atoms with Gasteiger partial charge in [0.2, 0.25) is 15.9 Å². The third-order valence-electron chi connectivity index (χ3n) is 5.51. The van der Waals surface area contributed by atoms with Gasteiger partial charge in [0.05, 0.1) is 4.90 Å². The molecule has 0 saturated carbocycles. The number of aromatic nitrogens is 2. The van der Waals surface area contributed by atoms with E-state index >= 15 is 0 Å². The maximum atomic E-state index is 12.9. The molecule has 1 aliphatic rings. The van der Waals surface area contributed by atoms with Gasteiger partial charge < -0.3 is 13.9 Å². The molecular weight excluding hydrogens is 484 g/mol. The molecule has 1 aromatic heterocycles. The zero-order valence-corrected chi connectivity index (χ0v) is 20.1. The Balaban J connectivity index is 1.25. The molecular formula is C25H22N4O6S. The van der Waals surface area contributed by atoms with Crippen LogP contribution in [-0.4, -0.2) is 49.1 Å². The molecule has 0 fully saturated rings. The molecule has 1 N–H and O–H groups in total. The molecule has 0 atom stereocenters. The Morgan fingerprint density at radius 2 is 1.67 bits per heavy atom. The second-order valence-corrected chi connectivity index (χ2v) is 10.0. The van der Waals surface area contributed by atoms with Crippen LogP contribution in [0.25, 0.3) is 11.5 Å². The van der Waals surface area contributed by atoms with Crippen molar-refractivity contribution in [3.05, 3.63) is 83.9 Å². The van der Waals surface area contributed by atoms with Crippen molar-refractivity contribution in [3.63, 3.8) is 0 Å². The van der Waals surface area contributed by atoms with Crippen molar-refractivity contribution < 1.29 is 27.1 Å². The number of nitrogens with zero attached hydrogens (tertiary/aromatic N) is 3. The number of fused-ring (bicyclic) bond motifs is 1. The van der Waals surface area contributed by atoms with E-state index in [2.05, 4.69) is 15.5 Å². The van der Waals surface area contributed by atoms with Crippen LogP contribution in [0, 0.1) is 0 Å². The summed E-state index contributed by atoms with van der Waals surface area (Å²) in [6.45, 7) is 1.17. The van der Waals surface area contributed by atoms with Crippen molar-refractivity contribution in [1.29, 1.82) is 0 Å². The number of rotatable bonds is 7. The van der Waals surface area contributed by atoms with Gasteiger partial charge in [0, 0.05) is 24.7 Å². The fraction of sp³-hybridized carbons (Fsp3) is 0.160. The van der Waals surface area contributed by atoms with Gasteiger partial charge >= 0.3 is 6.01 Å². The van der Waals surface area contributed by atoms with Crippen molar-refractivity contribution in [2.45, 2.75) is 11.4 Å². The van der Waals surface area contributed by atoms with Crippen LogP contribution in [0.5, 0.6) is 11.5 Å². The highest BCUT2D eigenvalue weighted by Gasteiger charge is 2.22. The topological polar surface area (TPSA) is 124 Å². The molecule has 0 saturated heterocycles. The summed E-state index contributed by atoms with van der Waals surface area (Å²) >= 11 is 0. The maximum absolute atomic E-state index is 12.9. The number of hydrogen-bond acceptors (Lipinski definition) is 8. The predicted octanol–water partition coefficient (Wildman–Crippen LogP) is 3.58. The Bertz CT molecular complexity index is 1490. The molecule has 0 unspecified atom stereocenters. The van der Waals surface area contributed by atoms with Crippen LogP contribution in [0.3, 0.4) is 0 Å². The average Bonchev–Trinajstić information content (AvgIpc) is 3.37. The van der Waals surface area contributed by atoms with Gasteiger partial charge in [-0.1, -0.05) is 35.4 Å². The number of anilines is 1. The first-order valence-electron chi connectivity index (χ1n) is 11.1. The Kier molecular flexibility index (Phi) is 6.40. The van der Waals surface area contributed by atoms with Gasteiger partial charge in [-0.2, -0.15) is 4.31 Å². The van der Waals surface area contributed by atoms with Crippen LogP contribution in [0.2, 0.25) is 0 Å². The Morgan fingerprint density at radius 3 is 2.42 bits per heavy atom. The van der Waals surface area contributed by atoms with Crippen LogP contribution in [-0.2, 0) is 16.6 Å². The second kappa shape index (κ2) is 9.80. The first-order chi connectivity index (χ1) is 17.4. The summed E-state index contributed by atoms with van der Waals surface area (Å²) in [5, 5.41) is 10.4.